The van der Waals surface area contributed by atoms with Crippen LogP contribution in [0, 0.1) is 0 Å². The maximum atomic E-state index is 4.43. The fourth-order valence-electron chi connectivity index (χ4n) is 1.69. The van der Waals surface area contributed by atoms with Crippen molar-refractivity contribution in [3.8, 4) is 0 Å². The SMILES string of the molecule is CCCCCN(c1ncc(CBr)cn1)C(C)C. The maximum Gasteiger partial charge on any atom is 0.225 e. The Balaban J connectivity index is 2.68. The molecule has 0 bridgehead atoms. The van der Waals surface area contributed by atoms with Gasteiger partial charge >= 0.3 is 0 Å². The summed E-state index contributed by atoms with van der Waals surface area (Å²) in [7, 11) is 0. The van der Waals surface area contributed by atoms with Gasteiger partial charge < -0.3 is 4.90 Å². The van der Waals surface area contributed by atoms with Crippen LogP contribution >= 0.6 is 15.9 Å². The molecule has 4 heteroatoms. The summed E-state index contributed by atoms with van der Waals surface area (Å²) in [5, 5.41) is 0.810. The predicted octanol–water partition coefficient (Wildman–Crippen LogP) is 3.78. The molecule has 0 aliphatic rings. The molecule has 0 aliphatic carbocycles. The highest BCUT2D eigenvalue weighted by Crippen LogP contribution is 2.13. The first-order chi connectivity index (χ1) is 8.19. The molecule has 0 radical (unpaired) electrons. The lowest BCUT2D eigenvalue weighted by molar-refractivity contribution is 0.612. The second-order valence-electron chi connectivity index (χ2n) is 4.52. The van der Waals surface area contributed by atoms with E-state index < -0.39 is 0 Å². The van der Waals surface area contributed by atoms with E-state index in [9.17, 15) is 0 Å². The molecule has 0 N–H and O–H groups in total. The molecule has 17 heavy (non-hydrogen) atoms. The molecule has 3 nitrogen and oxygen atoms in total. The quantitative estimate of drug-likeness (QED) is 0.567. The van der Waals surface area contributed by atoms with E-state index in [-0.39, 0.29) is 0 Å². The second-order valence-corrected chi connectivity index (χ2v) is 5.08. The zero-order chi connectivity index (χ0) is 12.7. The van der Waals surface area contributed by atoms with E-state index in [1.54, 1.807) is 0 Å². The maximum absolute atomic E-state index is 4.43. The third-order valence-electron chi connectivity index (χ3n) is 2.73. The van der Waals surface area contributed by atoms with Gasteiger partial charge in [-0.05, 0) is 25.8 Å². The van der Waals surface area contributed by atoms with Crippen LogP contribution in [-0.2, 0) is 5.33 Å². The minimum atomic E-state index is 0.446. The van der Waals surface area contributed by atoms with Crippen LogP contribution in [0.4, 0.5) is 5.95 Å². The molecular formula is C13H22BrN3. The number of anilines is 1. The lowest BCUT2D eigenvalue weighted by Gasteiger charge is -2.26. The number of unbranched alkanes of at least 4 members (excludes halogenated alkanes) is 2. The first-order valence-corrected chi connectivity index (χ1v) is 7.44. The third-order valence-corrected chi connectivity index (χ3v) is 3.38. The minimum Gasteiger partial charge on any atom is -0.338 e. The van der Waals surface area contributed by atoms with Gasteiger partial charge in [0.15, 0.2) is 0 Å². The molecule has 0 amide bonds. The Bertz CT molecular complexity index is 311. The Kier molecular flexibility index (Phi) is 6.48. The molecule has 0 saturated heterocycles. The summed E-state index contributed by atoms with van der Waals surface area (Å²) in [5.41, 5.74) is 1.12. The number of aromatic nitrogens is 2. The molecule has 0 spiro atoms. The lowest BCUT2D eigenvalue weighted by atomic mass is 10.2. The number of rotatable bonds is 7. The van der Waals surface area contributed by atoms with Crippen molar-refractivity contribution in [3.63, 3.8) is 0 Å². The van der Waals surface area contributed by atoms with Crippen molar-refractivity contribution in [1.82, 2.24) is 9.97 Å². The van der Waals surface area contributed by atoms with Crippen molar-refractivity contribution in [2.45, 2.75) is 51.4 Å². The highest BCUT2D eigenvalue weighted by molar-refractivity contribution is 9.08. The van der Waals surface area contributed by atoms with Crippen LogP contribution < -0.4 is 4.90 Å². The van der Waals surface area contributed by atoms with Gasteiger partial charge in [-0.1, -0.05) is 35.7 Å². The van der Waals surface area contributed by atoms with Crippen molar-refractivity contribution < 1.29 is 0 Å². The smallest absolute Gasteiger partial charge is 0.225 e. The number of hydrogen-bond acceptors (Lipinski definition) is 3. The summed E-state index contributed by atoms with van der Waals surface area (Å²) in [6.07, 6.45) is 7.51. The van der Waals surface area contributed by atoms with Crippen LogP contribution in [0.1, 0.15) is 45.6 Å². The molecular weight excluding hydrogens is 278 g/mol. The van der Waals surface area contributed by atoms with Crippen LogP contribution in [0.2, 0.25) is 0 Å². The van der Waals surface area contributed by atoms with Gasteiger partial charge in [0.1, 0.15) is 0 Å². The van der Waals surface area contributed by atoms with Crippen molar-refractivity contribution in [2.75, 3.05) is 11.4 Å². The van der Waals surface area contributed by atoms with Crippen LogP contribution in [0.5, 0.6) is 0 Å². The molecule has 1 aromatic heterocycles. The van der Waals surface area contributed by atoms with Crippen molar-refractivity contribution in [2.24, 2.45) is 0 Å². The highest BCUT2D eigenvalue weighted by atomic mass is 79.9. The van der Waals surface area contributed by atoms with E-state index in [1.165, 1.54) is 19.3 Å². The van der Waals surface area contributed by atoms with Gasteiger partial charge in [0.2, 0.25) is 5.95 Å². The summed E-state index contributed by atoms with van der Waals surface area (Å²) in [6.45, 7) is 7.64. The lowest BCUT2D eigenvalue weighted by Crippen LogP contribution is -2.33. The molecule has 0 saturated carbocycles. The molecule has 0 aromatic carbocycles. The monoisotopic (exact) mass is 299 g/mol. The van der Waals surface area contributed by atoms with E-state index in [2.05, 4.69) is 51.6 Å². The van der Waals surface area contributed by atoms with Crippen molar-refractivity contribution in [1.29, 1.82) is 0 Å². The zero-order valence-electron chi connectivity index (χ0n) is 11.0. The minimum absolute atomic E-state index is 0.446. The topological polar surface area (TPSA) is 29.0 Å². The van der Waals surface area contributed by atoms with E-state index >= 15 is 0 Å². The molecule has 0 atom stereocenters. The Hall–Kier alpha value is -0.640. The van der Waals surface area contributed by atoms with Crippen LogP contribution in [0.25, 0.3) is 0 Å². The molecule has 1 rings (SSSR count). The van der Waals surface area contributed by atoms with E-state index in [1.807, 2.05) is 12.4 Å². The average Bonchev–Trinajstić information content (AvgIpc) is 2.34. The summed E-state index contributed by atoms with van der Waals surface area (Å²) >= 11 is 3.41. The van der Waals surface area contributed by atoms with Crippen LogP contribution in [0.3, 0.4) is 0 Å². The summed E-state index contributed by atoms with van der Waals surface area (Å²) in [6, 6.07) is 0.446. The van der Waals surface area contributed by atoms with Gasteiger partial charge in [0.25, 0.3) is 0 Å². The molecule has 1 aromatic rings. The van der Waals surface area contributed by atoms with Gasteiger partial charge in [0.05, 0.1) is 0 Å². The predicted molar refractivity (Wildman–Crippen MR) is 76.7 cm³/mol. The van der Waals surface area contributed by atoms with Gasteiger partial charge in [-0.15, -0.1) is 0 Å². The Morgan fingerprint density at radius 2 is 1.88 bits per heavy atom. The largest absolute Gasteiger partial charge is 0.338 e. The number of hydrogen-bond donors (Lipinski definition) is 0. The van der Waals surface area contributed by atoms with Gasteiger partial charge in [0, 0.05) is 30.3 Å². The Morgan fingerprint density at radius 3 is 2.35 bits per heavy atom. The number of nitrogens with zero attached hydrogens (tertiary/aromatic N) is 3. The summed E-state index contributed by atoms with van der Waals surface area (Å²) in [5.74, 6) is 0.848. The van der Waals surface area contributed by atoms with Crippen LogP contribution in [-0.4, -0.2) is 22.6 Å². The zero-order valence-corrected chi connectivity index (χ0v) is 12.6. The normalized spacial score (nSPS) is 10.9. The second kappa shape index (κ2) is 7.64. The molecule has 96 valence electrons. The van der Waals surface area contributed by atoms with Gasteiger partial charge in [-0.3, -0.25) is 0 Å². The summed E-state index contributed by atoms with van der Waals surface area (Å²) in [4.78, 5) is 11.1. The van der Waals surface area contributed by atoms with Crippen molar-refractivity contribution >= 4 is 21.9 Å². The molecule has 1 heterocycles. The average molecular weight is 300 g/mol. The first-order valence-electron chi connectivity index (χ1n) is 6.32. The highest BCUT2D eigenvalue weighted by Gasteiger charge is 2.12. The molecule has 0 unspecified atom stereocenters. The number of alkyl halides is 1. The third kappa shape index (κ3) is 4.62. The van der Waals surface area contributed by atoms with Gasteiger partial charge in [-0.25, -0.2) is 9.97 Å². The standard InChI is InChI=1S/C13H22BrN3/c1-4-5-6-7-17(11(2)3)13-15-9-12(8-14)10-16-13/h9-11H,4-8H2,1-3H3. The van der Waals surface area contributed by atoms with Gasteiger partial charge in [-0.2, -0.15) is 0 Å². The fraction of sp³-hybridized carbons (Fsp3) is 0.692. The first kappa shape index (κ1) is 14.4. The summed E-state index contributed by atoms with van der Waals surface area (Å²) < 4.78 is 0. The molecule has 0 aliphatic heterocycles. The van der Waals surface area contributed by atoms with Crippen molar-refractivity contribution in [3.05, 3.63) is 18.0 Å². The van der Waals surface area contributed by atoms with Crippen LogP contribution in [0.15, 0.2) is 12.4 Å². The van der Waals surface area contributed by atoms with E-state index in [0.29, 0.717) is 6.04 Å². The Labute approximate surface area is 113 Å². The Morgan fingerprint density at radius 1 is 1.24 bits per heavy atom. The fourth-order valence-corrected chi connectivity index (χ4v) is 1.98. The number of halogens is 1. The van der Waals surface area contributed by atoms with E-state index in [4.69, 9.17) is 0 Å². The molecule has 0 fully saturated rings. The van der Waals surface area contributed by atoms with E-state index in [0.717, 1.165) is 23.4 Å².